The third kappa shape index (κ3) is 5.22. The summed E-state index contributed by atoms with van der Waals surface area (Å²) in [4.78, 5) is 13.0. The molecule has 3 rings (SSSR count). The van der Waals surface area contributed by atoms with Gasteiger partial charge in [-0.25, -0.2) is 13.8 Å². The minimum absolute atomic E-state index is 0.110. The molecule has 7 nitrogen and oxygen atoms in total. The molecule has 1 unspecified atom stereocenters. The molecular weight excluding hydrogens is 404 g/mol. The van der Waals surface area contributed by atoms with Crippen molar-refractivity contribution in [1.29, 1.82) is 0 Å². The lowest BCUT2D eigenvalue weighted by atomic mass is 9.93. The van der Waals surface area contributed by atoms with Crippen molar-refractivity contribution in [2.75, 3.05) is 6.61 Å². The number of halogens is 2. The Bertz CT molecular complexity index is 1020. The number of hydrogen-bond donors (Lipinski definition) is 1. The van der Waals surface area contributed by atoms with Crippen molar-refractivity contribution in [3.63, 3.8) is 0 Å². The van der Waals surface area contributed by atoms with Crippen molar-refractivity contribution in [2.45, 2.75) is 46.1 Å². The molecule has 3 atom stereocenters. The molecule has 3 aromatic rings. The third-order valence-electron chi connectivity index (χ3n) is 5.28. The maximum absolute atomic E-state index is 13.1. The number of pyridine rings is 1. The summed E-state index contributed by atoms with van der Waals surface area (Å²) in [6.07, 6.45) is -0.0937. The van der Waals surface area contributed by atoms with Crippen LogP contribution in [0.25, 0.3) is 11.1 Å². The summed E-state index contributed by atoms with van der Waals surface area (Å²) in [5.74, 6) is 0.999. The van der Waals surface area contributed by atoms with Crippen LogP contribution in [0.15, 0.2) is 30.7 Å². The lowest BCUT2D eigenvalue weighted by molar-refractivity contribution is -0.00817. The molecule has 166 valence electrons. The molecule has 0 aliphatic carbocycles. The van der Waals surface area contributed by atoms with Crippen molar-refractivity contribution in [3.8, 4) is 17.0 Å². The van der Waals surface area contributed by atoms with E-state index < -0.39 is 12.5 Å². The van der Waals surface area contributed by atoms with Crippen LogP contribution in [0.1, 0.15) is 48.6 Å². The summed E-state index contributed by atoms with van der Waals surface area (Å²) in [6, 6.07) is 4.03. The van der Waals surface area contributed by atoms with Crippen LogP contribution in [0.5, 0.6) is 5.88 Å². The van der Waals surface area contributed by atoms with Gasteiger partial charge in [-0.3, -0.25) is 9.67 Å². The molecule has 3 heterocycles. The number of aliphatic hydroxyl groups is 1. The van der Waals surface area contributed by atoms with Gasteiger partial charge in [0.25, 0.3) is 6.43 Å². The highest BCUT2D eigenvalue weighted by Gasteiger charge is 2.28. The highest BCUT2D eigenvalue weighted by atomic mass is 19.3. The minimum atomic E-state index is -2.97. The molecular formula is C22H27F2N5O2. The number of nitrogens with zero attached hydrogens (tertiary/aromatic N) is 5. The van der Waals surface area contributed by atoms with E-state index in [-0.39, 0.29) is 23.4 Å². The SMILES string of the molecule is Cc1ccc([C@@H](C)[C@H](C)COc2nc(C)ncc2-c2cn(C)nc2C(O)C(F)F)nc1. The van der Waals surface area contributed by atoms with E-state index in [1.54, 1.807) is 20.2 Å². The Morgan fingerprint density at radius 3 is 2.48 bits per heavy atom. The van der Waals surface area contributed by atoms with E-state index in [4.69, 9.17) is 4.74 Å². The maximum atomic E-state index is 13.1. The Kier molecular flexibility index (Phi) is 6.94. The second-order valence-electron chi connectivity index (χ2n) is 7.85. The molecule has 1 N–H and O–H groups in total. The number of aliphatic hydroxyl groups excluding tert-OH is 1. The van der Waals surface area contributed by atoms with Gasteiger partial charge in [-0.05, 0) is 31.4 Å². The molecule has 31 heavy (non-hydrogen) atoms. The fourth-order valence-electron chi connectivity index (χ4n) is 3.19. The van der Waals surface area contributed by atoms with Crippen LogP contribution in [-0.4, -0.2) is 42.9 Å². The van der Waals surface area contributed by atoms with Crippen LogP contribution in [0.3, 0.4) is 0 Å². The fraction of sp³-hybridized carbons (Fsp3) is 0.455. The Morgan fingerprint density at radius 1 is 1.10 bits per heavy atom. The van der Waals surface area contributed by atoms with Gasteiger partial charge in [-0.2, -0.15) is 10.1 Å². The largest absolute Gasteiger partial charge is 0.477 e. The summed E-state index contributed by atoms with van der Waals surface area (Å²) in [5, 5.41) is 13.9. The summed E-state index contributed by atoms with van der Waals surface area (Å²) in [5.41, 5.74) is 2.64. The lowest BCUT2D eigenvalue weighted by Gasteiger charge is -2.21. The number of aryl methyl sites for hydroxylation is 3. The average molecular weight is 431 g/mol. The standard InChI is InChI=1S/C22H27F2N5O2/c1-12-6-7-18(26-8-12)14(3)13(2)11-31-22-16(9-25-15(4)27-22)17-10-29(5)28-19(17)20(30)21(23)24/h6-10,13-14,20-21,30H,11H2,1-5H3/t13-,14+,20?/m1/s1. The Labute approximate surface area is 180 Å². The van der Waals surface area contributed by atoms with E-state index in [2.05, 4.69) is 33.9 Å². The number of aromatic nitrogens is 5. The zero-order chi connectivity index (χ0) is 22.7. The molecule has 0 saturated carbocycles. The number of ether oxygens (including phenoxy) is 1. The molecule has 3 aromatic heterocycles. The normalized spacial score (nSPS) is 14.5. The van der Waals surface area contributed by atoms with E-state index in [0.29, 0.717) is 23.6 Å². The van der Waals surface area contributed by atoms with Gasteiger partial charge in [0.2, 0.25) is 5.88 Å². The fourth-order valence-corrected chi connectivity index (χ4v) is 3.19. The molecule has 0 aromatic carbocycles. The summed E-state index contributed by atoms with van der Waals surface area (Å²) >= 11 is 0. The number of alkyl halides is 2. The molecule has 0 aliphatic rings. The van der Waals surface area contributed by atoms with Crippen molar-refractivity contribution in [2.24, 2.45) is 13.0 Å². The van der Waals surface area contributed by atoms with Crippen LogP contribution >= 0.6 is 0 Å². The molecule has 0 spiro atoms. The Morgan fingerprint density at radius 2 is 1.84 bits per heavy atom. The van der Waals surface area contributed by atoms with Crippen molar-refractivity contribution < 1.29 is 18.6 Å². The van der Waals surface area contributed by atoms with Crippen LogP contribution in [0, 0.1) is 19.8 Å². The molecule has 0 radical (unpaired) electrons. The van der Waals surface area contributed by atoms with Gasteiger partial charge in [0.1, 0.15) is 11.5 Å². The molecule has 0 aliphatic heterocycles. The summed E-state index contributed by atoms with van der Waals surface area (Å²) in [6.45, 7) is 8.18. The van der Waals surface area contributed by atoms with Crippen molar-refractivity contribution in [1.82, 2.24) is 24.7 Å². The average Bonchev–Trinajstić information content (AvgIpc) is 3.12. The summed E-state index contributed by atoms with van der Waals surface area (Å²) < 4.78 is 33.7. The highest BCUT2D eigenvalue weighted by Crippen LogP contribution is 2.35. The van der Waals surface area contributed by atoms with Crippen LogP contribution in [0.2, 0.25) is 0 Å². The lowest BCUT2D eigenvalue weighted by Crippen LogP contribution is -2.17. The van der Waals surface area contributed by atoms with E-state index >= 15 is 0 Å². The zero-order valence-electron chi connectivity index (χ0n) is 18.3. The summed E-state index contributed by atoms with van der Waals surface area (Å²) in [7, 11) is 1.60. The molecule has 0 fully saturated rings. The zero-order valence-corrected chi connectivity index (χ0v) is 18.3. The first-order valence-electron chi connectivity index (χ1n) is 10.1. The first kappa shape index (κ1) is 22.7. The van der Waals surface area contributed by atoms with E-state index in [0.717, 1.165) is 11.3 Å². The van der Waals surface area contributed by atoms with Crippen LogP contribution in [0.4, 0.5) is 8.78 Å². The quantitative estimate of drug-likeness (QED) is 0.580. The van der Waals surface area contributed by atoms with Gasteiger partial charge in [-0.15, -0.1) is 0 Å². The predicted octanol–water partition coefficient (Wildman–Crippen LogP) is 4.01. The van der Waals surface area contributed by atoms with E-state index in [1.807, 2.05) is 25.3 Å². The van der Waals surface area contributed by atoms with Crippen LogP contribution < -0.4 is 4.74 Å². The molecule has 0 saturated heterocycles. The van der Waals surface area contributed by atoms with Gasteiger partial charge in [-0.1, -0.05) is 19.9 Å². The maximum Gasteiger partial charge on any atom is 0.269 e. The van der Waals surface area contributed by atoms with Crippen molar-refractivity contribution in [3.05, 3.63) is 53.5 Å². The molecule has 9 heteroatoms. The van der Waals surface area contributed by atoms with Gasteiger partial charge >= 0.3 is 0 Å². The first-order valence-corrected chi connectivity index (χ1v) is 10.1. The minimum Gasteiger partial charge on any atom is -0.477 e. The Balaban J connectivity index is 1.85. The second-order valence-corrected chi connectivity index (χ2v) is 7.85. The van der Waals surface area contributed by atoms with Gasteiger partial charge in [0.15, 0.2) is 6.10 Å². The smallest absolute Gasteiger partial charge is 0.269 e. The third-order valence-corrected chi connectivity index (χ3v) is 5.28. The molecule has 0 amide bonds. The Hall–Kier alpha value is -2.94. The topological polar surface area (TPSA) is 86.0 Å². The van der Waals surface area contributed by atoms with Gasteiger partial charge < -0.3 is 9.84 Å². The van der Waals surface area contributed by atoms with Crippen LogP contribution in [-0.2, 0) is 7.05 Å². The second kappa shape index (κ2) is 9.47. The van der Waals surface area contributed by atoms with Gasteiger partial charge in [0.05, 0.1) is 12.2 Å². The van der Waals surface area contributed by atoms with E-state index in [9.17, 15) is 13.9 Å². The number of rotatable bonds is 8. The number of hydrogen-bond acceptors (Lipinski definition) is 6. The first-order chi connectivity index (χ1) is 14.7. The molecule has 0 bridgehead atoms. The predicted molar refractivity (Wildman–Crippen MR) is 112 cm³/mol. The highest BCUT2D eigenvalue weighted by molar-refractivity contribution is 5.69. The van der Waals surface area contributed by atoms with Gasteiger partial charge in [0, 0.05) is 42.8 Å². The monoisotopic (exact) mass is 431 g/mol. The van der Waals surface area contributed by atoms with E-state index in [1.165, 1.54) is 10.9 Å². The van der Waals surface area contributed by atoms with Crippen molar-refractivity contribution >= 4 is 0 Å².